The Kier molecular flexibility index (Phi) is 4.37. The predicted octanol–water partition coefficient (Wildman–Crippen LogP) is 2.64. The van der Waals surface area contributed by atoms with Gasteiger partial charge in [-0.05, 0) is 13.8 Å². The van der Waals surface area contributed by atoms with E-state index < -0.39 is 0 Å². The predicted molar refractivity (Wildman–Crippen MR) is 62.9 cm³/mol. The molecule has 0 heterocycles. The van der Waals surface area contributed by atoms with Crippen LogP contribution in [0.3, 0.4) is 0 Å². The van der Waals surface area contributed by atoms with Gasteiger partial charge in [-0.3, -0.25) is 0 Å². The fraction of sp³-hybridized carbons (Fsp3) is 0.308. The number of hydrogen-bond donors (Lipinski definition) is 1. The average Bonchev–Trinajstić information content (AvgIpc) is 2.28. The average molecular weight is 205 g/mol. The molecule has 0 saturated heterocycles. The molecule has 0 aliphatic heterocycles. The molecule has 1 radical (unpaired) electrons. The molecule has 1 aromatic rings. The summed E-state index contributed by atoms with van der Waals surface area (Å²) in [4.78, 5) is 0. The van der Waals surface area contributed by atoms with Crippen LogP contribution in [0.2, 0.25) is 0 Å². The van der Waals surface area contributed by atoms with Crippen LogP contribution in [0.25, 0.3) is 6.08 Å². The smallest absolute Gasteiger partial charge is 0.130 e. The second kappa shape index (κ2) is 5.56. The number of benzene rings is 1. The van der Waals surface area contributed by atoms with Gasteiger partial charge in [0, 0.05) is 17.0 Å². The van der Waals surface area contributed by atoms with E-state index in [0.717, 1.165) is 16.9 Å². The van der Waals surface area contributed by atoms with Crippen molar-refractivity contribution in [2.45, 2.75) is 12.8 Å². The molecule has 0 amide bonds. The highest BCUT2D eigenvalue weighted by atomic mass is 16.5. The Bertz CT molecular complexity index is 331. The summed E-state index contributed by atoms with van der Waals surface area (Å²) in [5.74, 6) is 0.621. The zero-order chi connectivity index (χ0) is 11.3. The molecule has 1 unspecified atom stereocenters. The Labute approximate surface area is 91.2 Å². The summed E-state index contributed by atoms with van der Waals surface area (Å²) >= 11 is 0. The Hall–Kier alpha value is -1.28. The highest BCUT2D eigenvalue weighted by Crippen LogP contribution is 2.30. The van der Waals surface area contributed by atoms with Gasteiger partial charge in [-0.25, -0.2) is 0 Å². The minimum absolute atomic E-state index is 0.0146. The molecule has 0 spiro atoms. The summed E-state index contributed by atoms with van der Waals surface area (Å²) in [5, 5.41) is 9.10. The van der Waals surface area contributed by atoms with Gasteiger partial charge in [0.1, 0.15) is 5.75 Å². The molecular formula is C13H17O2. The van der Waals surface area contributed by atoms with Crippen LogP contribution in [0.1, 0.15) is 24.0 Å². The number of hydrogen-bond acceptors (Lipinski definition) is 2. The molecule has 2 heteroatoms. The molecule has 0 aliphatic carbocycles. The number of aliphatic hydroxyl groups is 1. The molecule has 81 valence electrons. The van der Waals surface area contributed by atoms with E-state index in [0.29, 0.717) is 6.61 Å². The van der Waals surface area contributed by atoms with Crippen LogP contribution in [0.4, 0.5) is 0 Å². The zero-order valence-electron chi connectivity index (χ0n) is 9.07. The standard InChI is InChI=1S/C13H17O2/c1-4-11-7-6-8-12(10(3)9-14)13(11)15-5-2/h4,6-8,10,14H,1,3,5,9H2,2H3. The Morgan fingerprint density at radius 3 is 2.80 bits per heavy atom. The quantitative estimate of drug-likeness (QED) is 0.800. The molecule has 0 bridgehead atoms. The van der Waals surface area contributed by atoms with Crippen molar-refractivity contribution < 1.29 is 9.84 Å². The van der Waals surface area contributed by atoms with Crippen molar-refractivity contribution in [1.82, 2.24) is 0 Å². The van der Waals surface area contributed by atoms with Crippen LogP contribution in [-0.4, -0.2) is 18.3 Å². The maximum Gasteiger partial charge on any atom is 0.130 e. The van der Waals surface area contributed by atoms with Crippen molar-refractivity contribution >= 4 is 6.08 Å². The van der Waals surface area contributed by atoms with Gasteiger partial charge >= 0.3 is 0 Å². The van der Waals surface area contributed by atoms with Gasteiger partial charge in [-0.15, -0.1) is 0 Å². The summed E-state index contributed by atoms with van der Waals surface area (Å²) in [7, 11) is 0. The first-order valence-corrected chi connectivity index (χ1v) is 5.06. The minimum Gasteiger partial charge on any atom is -0.493 e. The molecular weight excluding hydrogens is 188 g/mol. The Balaban J connectivity index is 3.18. The van der Waals surface area contributed by atoms with Gasteiger partial charge in [0.15, 0.2) is 0 Å². The second-order valence-corrected chi connectivity index (χ2v) is 3.28. The fourth-order valence-electron chi connectivity index (χ4n) is 1.47. The zero-order valence-corrected chi connectivity index (χ0v) is 9.07. The first-order valence-electron chi connectivity index (χ1n) is 5.06. The van der Waals surface area contributed by atoms with Crippen LogP contribution in [-0.2, 0) is 0 Å². The third-order valence-corrected chi connectivity index (χ3v) is 2.24. The lowest BCUT2D eigenvalue weighted by molar-refractivity contribution is 0.276. The van der Waals surface area contributed by atoms with Crippen molar-refractivity contribution in [3.63, 3.8) is 0 Å². The van der Waals surface area contributed by atoms with Crippen LogP contribution >= 0.6 is 0 Å². The lowest BCUT2D eigenvalue weighted by atomic mass is 9.98. The van der Waals surface area contributed by atoms with Gasteiger partial charge in [0.25, 0.3) is 0 Å². The molecule has 0 aliphatic rings. The largest absolute Gasteiger partial charge is 0.493 e. The van der Waals surface area contributed by atoms with E-state index in [-0.39, 0.29) is 12.5 Å². The number of para-hydroxylation sites is 1. The van der Waals surface area contributed by atoms with Gasteiger partial charge in [0.2, 0.25) is 0 Å². The first kappa shape index (κ1) is 11.8. The fourth-order valence-corrected chi connectivity index (χ4v) is 1.47. The third kappa shape index (κ3) is 2.60. The van der Waals surface area contributed by atoms with E-state index in [1.165, 1.54) is 0 Å². The molecule has 1 rings (SSSR count). The van der Waals surface area contributed by atoms with Gasteiger partial charge in [0.05, 0.1) is 13.2 Å². The van der Waals surface area contributed by atoms with Gasteiger partial charge in [-0.2, -0.15) is 0 Å². The van der Waals surface area contributed by atoms with Gasteiger partial charge in [-0.1, -0.05) is 30.9 Å². The minimum atomic E-state index is -0.161. The van der Waals surface area contributed by atoms with Crippen molar-refractivity contribution in [2.24, 2.45) is 0 Å². The topological polar surface area (TPSA) is 29.5 Å². The van der Waals surface area contributed by atoms with Crippen LogP contribution in [0, 0.1) is 6.92 Å². The molecule has 2 nitrogen and oxygen atoms in total. The van der Waals surface area contributed by atoms with E-state index in [9.17, 15) is 0 Å². The molecule has 15 heavy (non-hydrogen) atoms. The highest BCUT2D eigenvalue weighted by molar-refractivity contribution is 5.59. The second-order valence-electron chi connectivity index (χ2n) is 3.28. The van der Waals surface area contributed by atoms with Crippen molar-refractivity contribution in [2.75, 3.05) is 13.2 Å². The maximum absolute atomic E-state index is 9.10. The van der Waals surface area contributed by atoms with Crippen LogP contribution < -0.4 is 4.74 Å². The number of ether oxygens (including phenoxy) is 1. The maximum atomic E-state index is 9.10. The normalized spacial score (nSPS) is 12.2. The molecule has 1 atom stereocenters. The van der Waals surface area contributed by atoms with E-state index in [2.05, 4.69) is 13.5 Å². The molecule has 1 aromatic carbocycles. The third-order valence-electron chi connectivity index (χ3n) is 2.24. The Morgan fingerprint density at radius 1 is 1.53 bits per heavy atom. The lowest BCUT2D eigenvalue weighted by Crippen LogP contribution is -2.05. The van der Waals surface area contributed by atoms with E-state index in [1.54, 1.807) is 6.08 Å². The van der Waals surface area contributed by atoms with Crippen molar-refractivity contribution in [3.05, 3.63) is 42.8 Å². The van der Waals surface area contributed by atoms with Crippen LogP contribution in [0.15, 0.2) is 24.8 Å². The number of rotatable bonds is 5. The monoisotopic (exact) mass is 205 g/mol. The lowest BCUT2D eigenvalue weighted by Gasteiger charge is -2.16. The van der Waals surface area contributed by atoms with E-state index in [4.69, 9.17) is 9.84 Å². The van der Waals surface area contributed by atoms with Gasteiger partial charge < -0.3 is 9.84 Å². The summed E-state index contributed by atoms with van der Waals surface area (Å²) < 4.78 is 5.56. The van der Waals surface area contributed by atoms with Crippen molar-refractivity contribution in [3.8, 4) is 5.75 Å². The SMILES string of the molecule is [CH2]C(CO)c1cccc(C=C)c1OCC. The first-order chi connectivity index (χ1) is 7.24. The summed E-state index contributed by atoms with van der Waals surface area (Å²) in [5.41, 5.74) is 1.87. The van der Waals surface area contributed by atoms with E-state index in [1.807, 2.05) is 25.1 Å². The molecule has 0 fully saturated rings. The molecule has 0 aromatic heterocycles. The van der Waals surface area contributed by atoms with Crippen LogP contribution in [0.5, 0.6) is 5.75 Å². The molecule has 1 N–H and O–H groups in total. The highest BCUT2D eigenvalue weighted by Gasteiger charge is 2.12. The Morgan fingerprint density at radius 2 is 2.27 bits per heavy atom. The summed E-state index contributed by atoms with van der Waals surface area (Å²) in [6, 6.07) is 5.78. The van der Waals surface area contributed by atoms with E-state index >= 15 is 0 Å². The molecule has 0 saturated carbocycles. The number of aliphatic hydroxyl groups excluding tert-OH is 1. The summed E-state index contributed by atoms with van der Waals surface area (Å²) in [6.45, 7) is 10.2. The van der Waals surface area contributed by atoms with Crippen molar-refractivity contribution in [1.29, 1.82) is 0 Å². The summed E-state index contributed by atoms with van der Waals surface area (Å²) in [6.07, 6.45) is 1.75.